The fraction of sp³-hybridized carbons (Fsp3) is 0.615. The van der Waals surface area contributed by atoms with Crippen molar-refractivity contribution in [3.63, 3.8) is 0 Å². The average Bonchev–Trinajstić information content (AvgIpc) is 2.40. The molecule has 94 valence electrons. The molecule has 17 heavy (non-hydrogen) atoms. The summed E-state index contributed by atoms with van der Waals surface area (Å²) in [6.45, 7) is 4.82. The second kappa shape index (κ2) is 5.87. The van der Waals surface area contributed by atoms with Crippen LogP contribution in [0.15, 0.2) is 18.3 Å². The molecule has 0 aliphatic carbocycles. The van der Waals surface area contributed by atoms with E-state index in [1.807, 2.05) is 26.2 Å². The van der Waals surface area contributed by atoms with Gasteiger partial charge in [-0.25, -0.2) is 4.98 Å². The summed E-state index contributed by atoms with van der Waals surface area (Å²) in [5.41, 5.74) is 1.19. The molecule has 4 nitrogen and oxygen atoms in total. The lowest BCUT2D eigenvalue weighted by molar-refractivity contribution is 0.327. The van der Waals surface area contributed by atoms with E-state index in [1.54, 1.807) is 0 Å². The molecule has 0 spiro atoms. The molecule has 2 rings (SSSR count). The van der Waals surface area contributed by atoms with E-state index >= 15 is 0 Å². The van der Waals surface area contributed by atoms with Gasteiger partial charge in [-0.15, -0.1) is 0 Å². The van der Waals surface area contributed by atoms with E-state index in [4.69, 9.17) is 4.74 Å². The van der Waals surface area contributed by atoms with Crippen LogP contribution >= 0.6 is 0 Å². The van der Waals surface area contributed by atoms with Crippen LogP contribution in [0.1, 0.15) is 19.8 Å². The van der Waals surface area contributed by atoms with Gasteiger partial charge in [0.1, 0.15) is 0 Å². The molecule has 1 aromatic heterocycles. The highest BCUT2D eigenvalue weighted by Gasteiger charge is 2.18. The van der Waals surface area contributed by atoms with Crippen LogP contribution in [-0.2, 0) is 0 Å². The van der Waals surface area contributed by atoms with E-state index < -0.39 is 0 Å². The fourth-order valence-corrected chi connectivity index (χ4v) is 2.24. The predicted molar refractivity (Wildman–Crippen MR) is 69.7 cm³/mol. The molecule has 0 aromatic carbocycles. The van der Waals surface area contributed by atoms with Crippen LogP contribution in [0.2, 0.25) is 0 Å². The molecule has 0 amide bonds. The number of aromatic nitrogens is 1. The summed E-state index contributed by atoms with van der Waals surface area (Å²) < 4.78 is 5.35. The van der Waals surface area contributed by atoms with Crippen molar-refractivity contribution in [1.82, 2.24) is 10.3 Å². The number of rotatable bonds is 4. The van der Waals surface area contributed by atoms with Crippen LogP contribution in [0.25, 0.3) is 0 Å². The van der Waals surface area contributed by atoms with Crippen molar-refractivity contribution in [3.8, 4) is 5.88 Å². The lowest BCUT2D eigenvalue weighted by Crippen LogP contribution is -2.44. The van der Waals surface area contributed by atoms with Gasteiger partial charge in [-0.3, -0.25) is 0 Å². The lowest BCUT2D eigenvalue weighted by Gasteiger charge is -2.34. The van der Waals surface area contributed by atoms with Crippen LogP contribution in [0.3, 0.4) is 0 Å². The molecular weight excluding hydrogens is 214 g/mol. The van der Waals surface area contributed by atoms with E-state index in [0.717, 1.165) is 13.1 Å². The molecule has 0 saturated carbocycles. The molecule has 1 fully saturated rings. The standard InChI is InChI=1S/C13H21N3O/c1-3-17-13-7-6-12(9-15-13)16-8-4-5-11(10-16)14-2/h6-7,9,11,14H,3-5,8,10H2,1-2H3. The number of ether oxygens (including phenoxy) is 1. The molecule has 1 saturated heterocycles. The Bertz CT molecular complexity index is 339. The predicted octanol–water partition coefficient (Wildman–Crippen LogP) is 1.67. The average molecular weight is 235 g/mol. The maximum atomic E-state index is 5.35. The van der Waals surface area contributed by atoms with Gasteiger partial charge >= 0.3 is 0 Å². The molecular formula is C13H21N3O. The summed E-state index contributed by atoms with van der Waals surface area (Å²) in [6.07, 6.45) is 4.40. The number of hydrogen-bond donors (Lipinski definition) is 1. The summed E-state index contributed by atoms with van der Waals surface area (Å²) >= 11 is 0. The summed E-state index contributed by atoms with van der Waals surface area (Å²) in [5.74, 6) is 0.707. The van der Waals surface area contributed by atoms with E-state index in [1.165, 1.54) is 18.5 Å². The minimum atomic E-state index is 0.593. The molecule has 1 unspecified atom stereocenters. The number of anilines is 1. The van der Waals surface area contributed by atoms with Crippen LogP contribution in [0, 0.1) is 0 Å². The second-order valence-corrected chi connectivity index (χ2v) is 4.36. The topological polar surface area (TPSA) is 37.4 Å². The van der Waals surface area contributed by atoms with Crippen LogP contribution in [-0.4, -0.2) is 37.8 Å². The number of nitrogens with zero attached hydrogens (tertiary/aromatic N) is 2. The third-order valence-electron chi connectivity index (χ3n) is 3.21. The molecule has 1 atom stereocenters. The molecule has 1 aliphatic heterocycles. The van der Waals surface area contributed by atoms with E-state index in [0.29, 0.717) is 18.5 Å². The van der Waals surface area contributed by atoms with E-state index in [-0.39, 0.29) is 0 Å². The van der Waals surface area contributed by atoms with E-state index in [9.17, 15) is 0 Å². The third-order valence-corrected chi connectivity index (χ3v) is 3.21. The highest BCUT2D eigenvalue weighted by molar-refractivity contribution is 5.46. The maximum Gasteiger partial charge on any atom is 0.213 e. The van der Waals surface area contributed by atoms with Gasteiger partial charge in [0.15, 0.2) is 0 Å². The van der Waals surface area contributed by atoms with E-state index in [2.05, 4.69) is 21.3 Å². The van der Waals surface area contributed by atoms with Crippen molar-refractivity contribution >= 4 is 5.69 Å². The Labute approximate surface area is 103 Å². The first kappa shape index (κ1) is 12.2. The molecule has 1 aromatic rings. The normalized spacial score (nSPS) is 20.4. The zero-order valence-electron chi connectivity index (χ0n) is 10.6. The Morgan fingerprint density at radius 3 is 3.06 bits per heavy atom. The van der Waals surface area contributed by atoms with Gasteiger partial charge in [-0.1, -0.05) is 0 Å². The Hall–Kier alpha value is -1.29. The minimum Gasteiger partial charge on any atom is -0.478 e. The largest absolute Gasteiger partial charge is 0.478 e. The molecule has 0 radical (unpaired) electrons. The summed E-state index contributed by atoms with van der Waals surface area (Å²) in [5, 5.41) is 3.35. The van der Waals surface area contributed by atoms with Gasteiger partial charge < -0.3 is 15.0 Å². The number of hydrogen-bond acceptors (Lipinski definition) is 4. The van der Waals surface area contributed by atoms with Crippen molar-refractivity contribution in [2.75, 3.05) is 31.6 Å². The smallest absolute Gasteiger partial charge is 0.213 e. The summed E-state index contributed by atoms with van der Waals surface area (Å²) in [4.78, 5) is 6.69. The van der Waals surface area contributed by atoms with Gasteiger partial charge in [0.05, 0.1) is 18.5 Å². The van der Waals surface area contributed by atoms with Crippen molar-refractivity contribution in [2.24, 2.45) is 0 Å². The first-order valence-corrected chi connectivity index (χ1v) is 6.34. The van der Waals surface area contributed by atoms with Crippen molar-refractivity contribution in [2.45, 2.75) is 25.8 Å². The summed E-state index contributed by atoms with van der Waals surface area (Å²) in [7, 11) is 2.03. The van der Waals surface area contributed by atoms with Gasteiger partial charge in [0, 0.05) is 25.2 Å². The highest BCUT2D eigenvalue weighted by atomic mass is 16.5. The maximum absolute atomic E-state index is 5.35. The Morgan fingerprint density at radius 1 is 1.53 bits per heavy atom. The Morgan fingerprint density at radius 2 is 2.41 bits per heavy atom. The fourth-order valence-electron chi connectivity index (χ4n) is 2.24. The molecule has 1 N–H and O–H groups in total. The minimum absolute atomic E-state index is 0.593. The Balaban J connectivity index is 2.01. The van der Waals surface area contributed by atoms with Gasteiger partial charge in [0.2, 0.25) is 5.88 Å². The van der Waals surface area contributed by atoms with Crippen LogP contribution in [0.5, 0.6) is 5.88 Å². The van der Waals surface area contributed by atoms with Crippen LogP contribution < -0.4 is 15.0 Å². The number of piperidine rings is 1. The monoisotopic (exact) mass is 235 g/mol. The van der Waals surface area contributed by atoms with Gasteiger partial charge in [0.25, 0.3) is 0 Å². The highest BCUT2D eigenvalue weighted by Crippen LogP contribution is 2.20. The van der Waals surface area contributed by atoms with Crippen molar-refractivity contribution < 1.29 is 4.74 Å². The SMILES string of the molecule is CCOc1ccc(N2CCCC(NC)C2)cn1. The van der Waals surface area contributed by atoms with Gasteiger partial charge in [-0.05, 0) is 32.9 Å². The molecule has 2 heterocycles. The molecule has 4 heteroatoms. The molecule has 0 bridgehead atoms. The number of nitrogens with one attached hydrogen (secondary N) is 1. The van der Waals surface area contributed by atoms with Crippen LogP contribution in [0.4, 0.5) is 5.69 Å². The quantitative estimate of drug-likeness (QED) is 0.861. The lowest BCUT2D eigenvalue weighted by atomic mass is 10.1. The molecule has 1 aliphatic rings. The Kier molecular flexibility index (Phi) is 4.20. The zero-order chi connectivity index (χ0) is 12.1. The second-order valence-electron chi connectivity index (χ2n) is 4.36. The van der Waals surface area contributed by atoms with Crippen molar-refractivity contribution in [3.05, 3.63) is 18.3 Å². The van der Waals surface area contributed by atoms with Gasteiger partial charge in [-0.2, -0.15) is 0 Å². The first-order valence-electron chi connectivity index (χ1n) is 6.34. The summed E-state index contributed by atoms with van der Waals surface area (Å²) in [6, 6.07) is 4.63. The van der Waals surface area contributed by atoms with Crippen molar-refractivity contribution in [1.29, 1.82) is 0 Å². The number of likely N-dealkylation sites (N-methyl/N-ethyl adjacent to an activating group) is 1. The zero-order valence-corrected chi connectivity index (χ0v) is 10.6. The first-order chi connectivity index (χ1) is 8.33. The third kappa shape index (κ3) is 3.09. The number of pyridine rings is 1.